The van der Waals surface area contributed by atoms with Crippen LogP contribution in [0.25, 0.3) is 5.53 Å². The molecule has 0 spiro atoms. The van der Waals surface area contributed by atoms with Gasteiger partial charge in [0.2, 0.25) is 0 Å². The van der Waals surface area contributed by atoms with Crippen molar-refractivity contribution in [1.29, 1.82) is 0 Å². The van der Waals surface area contributed by atoms with E-state index in [1.807, 2.05) is 0 Å². The van der Waals surface area contributed by atoms with Crippen molar-refractivity contribution >= 4 is 39.0 Å². The lowest BCUT2D eigenvalue weighted by Crippen LogP contribution is -2.14. The molecule has 0 aromatic rings. The Labute approximate surface area is 76.8 Å². The van der Waals surface area contributed by atoms with Crippen molar-refractivity contribution in [2.45, 2.75) is 12.8 Å². The summed E-state index contributed by atoms with van der Waals surface area (Å²) < 4.78 is 0.304. The largest absolute Gasteiger partial charge is 0.361 e. The van der Waals surface area contributed by atoms with Crippen molar-refractivity contribution in [3.8, 4) is 0 Å². The Morgan fingerprint density at radius 1 is 1.55 bits per heavy atom. The summed E-state index contributed by atoms with van der Waals surface area (Å²) >= 11 is 8.66. The van der Waals surface area contributed by atoms with Gasteiger partial charge in [0.15, 0.2) is 5.78 Å². The summed E-state index contributed by atoms with van der Waals surface area (Å²) in [7, 11) is 0. The van der Waals surface area contributed by atoms with E-state index in [9.17, 15) is 4.79 Å². The fourth-order valence-corrected chi connectivity index (χ4v) is 1.46. The standard InChI is InChI=1S/C6H4BrClN2O/c7-5-4(11)2-1-3(10-9)6(5)8/h1-2H2. The summed E-state index contributed by atoms with van der Waals surface area (Å²) in [4.78, 5) is 13.9. The number of hydrogen-bond donors (Lipinski definition) is 0. The molecule has 0 aromatic heterocycles. The molecule has 11 heavy (non-hydrogen) atoms. The molecule has 58 valence electrons. The molecule has 0 atom stereocenters. The van der Waals surface area contributed by atoms with Gasteiger partial charge in [0.1, 0.15) is 5.03 Å². The summed E-state index contributed by atoms with van der Waals surface area (Å²) in [6.07, 6.45) is 0.749. The summed E-state index contributed by atoms with van der Waals surface area (Å²) in [5.41, 5.74) is 8.76. The molecule has 3 nitrogen and oxygen atoms in total. The zero-order valence-corrected chi connectivity index (χ0v) is 7.81. The van der Waals surface area contributed by atoms with E-state index in [2.05, 4.69) is 20.7 Å². The average molecular weight is 235 g/mol. The first-order valence-corrected chi connectivity index (χ1v) is 4.13. The number of rotatable bonds is 0. The quantitative estimate of drug-likeness (QED) is 0.467. The van der Waals surface area contributed by atoms with Gasteiger partial charge in [-0.2, -0.15) is 4.79 Å². The second-order valence-electron chi connectivity index (χ2n) is 2.10. The highest BCUT2D eigenvalue weighted by Crippen LogP contribution is 2.25. The third-order valence-electron chi connectivity index (χ3n) is 1.40. The highest BCUT2D eigenvalue weighted by atomic mass is 79.9. The minimum Gasteiger partial charge on any atom is -0.361 e. The Morgan fingerprint density at radius 3 is 2.73 bits per heavy atom. The van der Waals surface area contributed by atoms with Gasteiger partial charge in [0.05, 0.1) is 10.9 Å². The Kier molecular flexibility index (Phi) is 2.60. The first kappa shape index (κ1) is 8.65. The van der Waals surface area contributed by atoms with E-state index in [1.165, 1.54) is 0 Å². The van der Waals surface area contributed by atoms with Crippen LogP contribution < -0.4 is 0 Å². The molecule has 0 N–H and O–H groups in total. The van der Waals surface area contributed by atoms with E-state index in [0.717, 1.165) is 0 Å². The second-order valence-corrected chi connectivity index (χ2v) is 3.27. The Bertz CT molecular complexity index is 291. The van der Waals surface area contributed by atoms with Crippen LogP contribution in [-0.2, 0) is 4.79 Å². The molecule has 0 fully saturated rings. The predicted molar refractivity (Wildman–Crippen MR) is 44.7 cm³/mol. The molecule has 5 heteroatoms. The summed E-state index contributed by atoms with van der Waals surface area (Å²) in [6.45, 7) is 0. The lowest BCUT2D eigenvalue weighted by atomic mass is 10.1. The van der Waals surface area contributed by atoms with Crippen LogP contribution in [0, 0.1) is 0 Å². The Balaban J connectivity index is 3.16. The SMILES string of the molecule is [N-]=[N+]=C1CCC(=O)C(Br)=C1Cl. The van der Waals surface area contributed by atoms with Gasteiger partial charge < -0.3 is 5.53 Å². The maximum absolute atomic E-state index is 10.9. The van der Waals surface area contributed by atoms with Crippen molar-refractivity contribution in [2.24, 2.45) is 0 Å². The van der Waals surface area contributed by atoms with Gasteiger partial charge in [0.25, 0.3) is 0 Å². The molecule has 0 saturated carbocycles. The number of ketones is 1. The molecule has 0 radical (unpaired) electrons. The van der Waals surface area contributed by atoms with E-state index in [0.29, 0.717) is 23.0 Å². The lowest BCUT2D eigenvalue weighted by molar-refractivity contribution is -0.115. The predicted octanol–water partition coefficient (Wildman–Crippen LogP) is 1.87. The number of hydrogen-bond acceptors (Lipinski definition) is 1. The number of halogens is 2. The molecule has 0 aromatic carbocycles. The number of allylic oxidation sites excluding steroid dienone is 2. The molecule has 1 aliphatic rings. The van der Waals surface area contributed by atoms with Crippen molar-refractivity contribution in [3.05, 3.63) is 15.0 Å². The topological polar surface area (TPSA) is 53.5 Å². The molecule has 0 saturated heterocycles. The van der Waals surface area contributed by atoms with Crippen molar-refractivity contribution in [1.82, 2.24) is 0 Å². The highest BCUT2D eigenvalue weighted by Gasteiger charge is 2.27. The van der Waals surface area contributed by atoms with Gasteiger partial charge in [0, 0.05) is 6.42 Å². The summed E-state index contributed by atoms with van der Waals surface area (Å²) in [5, 5.41) is 0.212. The van der Waals surface area contributed by atoms with Gasteiger partial charge in [-0.15, -0.1) is 0 Å². The zero-order valence-electron chi connectivity index (χ0n) is 5.47. The van der Waals surface area contributed by atoms with Crippen molar-refractivity contribution < 1.29 is 9.58 Å². The van der Waals surface area contributed by atoms with Gasteiger partial charge in [-0.3, -0.25) is 4.79 Å². The zero-order chi connectivity index (χ0) is 8.43. The van der Waals surface area contributed by atoms with Crippen LogP contribution in [0.5, 0.6) is 0 Å². The first-order valence-electron chi connectivity index (χ1n) is 2.96. The Hall–Kier alpha value is -0.440. The maximum Gasteiger partial charge on any atom is 0.312 e. The fourth-order valence-electron chi connectivity index (χ4n) is 0.794. The van der Waals surface area contributed by atoms with Crippen LogP contribution in [0.15, 0.2) is 9.51 Å². The third kappa shape index (κ3) is 1.59. The van der Waals surface area contributed by atoms with Gasteiger partial charge in [-0.25, -0.2) is 0 Å². The number of nitrogens with zero attached hydrogens (tertiary/aromatic N) is 2. The van der Waals surface area contributed by atoms with Crippen LogP contribution in [0.4, 0.5) is 0 Å². The van der Waals surface area contributed by atoms with Gasteiger partial charge >= 0.3 is 5.71 Å². The van der Waals surface area contributed by atoms with Crippen LogP contribution in [-0.4, -0.2) is 16.3 Å². The van der Waals surface area contributed by atoms with E-state index < -0.39 is 0 Å². The third-order valence-corrected chi connectivity index (χ3v) is 2.87. The maximum atomic E-state index is 10.9. The number of carbonyl (C=O) groups is 1. The second kappa shape index (κ2) is 3.30. The van der Waals surface area contributed by atoms with Crippen LogP contribution in [0.1, 0.15) is 12.8 Å². The normalized spacial score (nSPS) is 18.7. The molecule has 0 heterocycles. The minimum atomic E-state index is -0.0533. The van der Waals surface area contributed by atoms with Gasteiger partial charge in [-0.05, 0) is 15.9 Å². The number of carbonyl (C=O) groups excluding carboxylic acids is 1. The van der Waals surface area contributed by atoms with E-state index in [4.69, 9.17) is 17.1 Å². The average Bonchev–Trinajstić information content (AvgIpc) is 2.01. The molecule has 0 bridgehead atoms. The number of Topliss-reactive ketones (excluding diaryl/α,β-unsaturated/α-hetero) is 1. The van der Waals surface area contributed by atoms with E-state index in [-0.39, 0.29) is 10.8 Å². The lowest BCUT2D eigenvalue weighted by Gasteiger charge is -2.04. The molecule has 1 aliphatic carbocycles. The molecule has 0 amide bonds. The van der Waals surface area contributed by atoms with Crippen LogP contribution in [0.3, 0.4) is 0 Å². The summed E-state index contributed by atoms with van der Waals surface area (Å²) in [5.74, 6) is -0.0533. The molecular weight excluding hydrogens is 231 g/mol. The van der Waals surface area contributed by atoms with E-state index in [1.54, 1.807) is 0 Å². The van der Waals surface area contributed by atoms with Gasteiger partial charge in [-0.1, -0.05) is 11.6 Å². The van der Waals surface area contributed by atoms with E-state index >= 15 is 0 Å². The highest BCUT2D eigenvalue weighted by molar-refractivity contribution is 9.12. The molecule has 0 unspecified atom stereocenters. The monoisotopic (exact) mass is 234 g/mol. The molecule has 1 rings (SSSR count). The van der Waals surface area contributed by atoms with Crippen LogP contribution >= 0.6 is 27.5 Å². The molecular formula is C6H4BrClN2O. The van der Waals surface area contributed by atoms with Crippen LogP contribution in [0.2, 0.25) is 0 Å². The van der Waals surface area contributed by atoms with Crippen molar-refractivity contribution in [2.75, 3.05) is 0 Å². The minimum absolute atomic E-state index is 0.0533. The smallest absolute Gasteiger partial charge is 0.312 e. The van der Waals surface area contributed by atoms with Crippen molar-refractivity contribution in [3.63, 3.8) is 0 Å². The Morgan fingerprint density at radius 2 is 2.18 bits per heavy atom. The first-order chi connectivity index (χ1) is 5.16. The summed E-state index contributed by atoms with van der Waals surface area (Å²) in [6, 6.07) is 0. The fraction of sp³-hybridized carbons (Fsp3) is 0.333. The molecule has 0 aliphatic heterocycles.